The lowest BCUT2D eigenvalue weighted by Gasteiger charge is -2.03. The molecule has 0 aliphatic heterocycles. The Morgan fingerprint density at radius 3 is 2.50 bits per heavy atom. The number of halogens is 1. The van der Waals surface area contributed by atoms with E-state index >= 15 is 0 Å². The lowest BCUT2D eigenvalue weighted by atomic mass is 10.2. The van der Waals surface area contributed by atoms with Gasteiger partial charge in [0.1, 0.15) is 5.82 Å². The van der Waals surface area contributed by atoms with E-state index in [4.69, 9.17) is 0 Å². The molecule has 0 fully saturated rings. The Morgan fingerprint density at radius 1 is 1.19 bits per heavy atom. The number of nitrogens with zero attached hydrogens (tertiary/aromatic N) is 2. The predicted molar refractivity (Wildman–Crippen MR) is 94.3 cm³/mol. The standard InChI is InChI=1S/C16H12FN3O4S2/c1-26(23,24)12-6-7-15(14(8-12)20(21)22)25-16-18-9-13(19-16)10-2-4-11(17)5-3-10/h2-9H,1H3,(H,18,19). The number of nitro benzene ring substituents is 1. The van der Waals surface area contributed by atoms with Crippen LogP contribution in [-0.4, -0.2) is 29.6 Å². The highest BCUT2D eigenvalue weighted by molar-refractivity contribution is 7.99. The van der Waals surface area contributed by atoms with Crippen molar-refractivity contribution < 1.29 is 17.7 Å². The minimum Gasteiger partial charge on any atom is -0.333 e. The SMILES string of the molecule is CS(=O)(=O)c1ccc(Sc2ncc(-c3ccc(F)cc3)[nH]2)c([N+](=O)[O-])c1. The fraction of sp³-hybridized carbons (Fsp3) is 0.0625. The molecule has 3 aromatic rings. The number of benzene rings is 2. The summed E-state index contributed by atoms with van der Waals surface area (Å²) in [6.45, 7) is 0. The lowest BCUT2D eigenvalue weighted by Crippen LogP contribution is -1.99. The van der Waals surface area contributed by atoms with Crippen LogP contribution in [0.25, 0.3) is 11.3 Å². The first-order chi connectivity index (χ1) is 12.2. The van der Waals surface area contributed by atoms with Crippen molar-refractivity contribution in [1.29, 1.82) is 0 Å². The minimum atomic E-state index is -3.55. The summed E-state index contributed by atoms with van der Waals surface area (Å²) in [5, 5.41) is 11.7. The molecule has 0 saturated carbocycles. The fourth-order valence-corrected chi connectivity index (χ4v) is 3.68. The average Bonchev–Trinajstić information content (AvgIpc) is 3.03. The maximum absolute atomic E-state index is 13.0. The molecule has 0 atom stereocenters. The van der Waals surface area contributed by atoms with E-state index < -0.39 is 14.8 Å². The Kier molecular flexibility index (Phi) is 4.79. The van der Waals surface area contributed by atoms with Gasteiger partial charge in [-0.2, -0.15) is 0 Å². The Balaban J connectivity index is 1.92. The third-order valence-corrected chi connectivity index (χ3v) is 5.55. The maximum atomic E-state index is 13.0. The van der Waals surface area contributed by atoms with Crippen LogP contribution in [0.1, 0.15) is 0 Å². The van der Waals surface area contributed by atoms with E-state index in [9.17, 15) is 22.9 Å². The number of nitro groups is 1. The van der Waals surface area contributed by atoms with Gasteiger partial charge in [0.25, 0.3) is 5.69 Å². The van der Waals surface area contributed by atoms with Crippen LogP contribution in [0.3, 0.4) is 0 Å². The van der Waals surface area contributed by atoms with E-state index in [2.05, 4.69) is 9.97 Å². The van der Waals surface area contributed by atoms with Crippen molar-refractivity contribution in [2.24, 2.45) is 0 Å². The van der Waals surface area contributed by atoms with Crippen LogP contribution in [0, 0.1) is 15.9 Å². The molecule has 1 heterocycles. The highest BCUT2D eigenvalue weighted by atomic mass is 32.2. The van der Waals surface area contributed by atoms with Gasteiger partial charge in [-0.15, -0.1) is 0 Å². The van der Waals surface area contributed by atoms with Crippen LogP contribution in [0.5, 0.6) is 0 Å². The van der Waals surface area contributed by atoms with Crippen LogP contribution < -0.4 is 0 Å². The Morgan fingerprint density at radius 2 is 1.88 bits per heavy atom. The minimum absolute atomic E-state index is 0.125. The summed E-state index contributed by atoms with van der Waals surface area (Å²) < 4.78 is 36.2. The molecule has 2 aromatic carbocycles. The van der Waals surface area contributed by atoms with E-state index in [1.165, 1.54) is 30.5 Å². The average molecular weight is 393 g/mol. The Bertz CT molecular complexity index is 1080. The molecule has 0 amide bonds. The van der Waals surface area contributed by atoms with Gasteiger partial charge in [-0.1, -0.05) is 0 Å². The van der Waals surface area contributed by atoms with Crippen molar-refractivity contribution in [3.05, 3.63) is 64.6 Å². The molecule has 0 bridgehead atoms. The van der Waals surface area contributed by atoms with Crippen molar-refractivity contribution in [3.8, 4) is 11.3 Å². The molecule has 1 N–H and O–H groups in total. The molecule has 0 spiro atoms. The van der Waals surface area contributed by atoms with Gasteiger partial charge in [-0.25, -0.2) is 17.8 Å². The normalized spacial score (nSPS) is 11.5. The van der Waals surface area contributed by atoms with Crippen molar-refractivity contribution in [2.75, 3.05) is 6.26 Å². The fourth-order valence-electron chi connectivity index (χ4n) is 2.19. The second kappa shape index (κ2) is 6.89. The third kappa shape index (κ3) is 3.92. The number of rotatable bonds is 5. The van der Waals surface area contributed by atoms with Crippen molar-refractivity contribution >= 4 is 27.3 Å². The summed E-state index contributed by atoms with van der Waals surface area (Å²) in [5.41, 5.74) is 1.02. The summed E-state index contributed by atoms with van der Waals surface area (Å²) >= 11 is 1.00. The van der Waals surface area contributed by atoms with Crippen molar-refractivity contribution in [1.82, 2.24) is 9.97 Å². The molecular weight excluding hydrogens is 381 g/mol. The van der Waals surface area contributed by atoms with Crippen LogP contribution in [0.15, 0.2) is 63.6 Å². The van der Waals surface area contributed by atoms with E-state index in [-0.39, 0.29) is 21.3 Å². The van der Waals surface area contributed by atoms with E-state index in [1.807, 2.05) is 0 Å². The number of imidazole rings is 1. The molecular formula is C16H12FN3O4S2. The van der Waals surface area contributed by atoms with E-state index in [0.717, 1.165) is 24.1 Å². The number of hydrogen-bond donors (Lipinski definition) is 1. The molecule has 0 saturated heterocycles. The first kappa shape index (κ1) is 18.1. The van der Waals surface area contributed by atoms with Crippen LogP contribution in [0.4, 0.5) is 10.1 Å². The molecule has 10 heteroatoms. The highest BCUT2D eigenvalue weighted by Gasteiger charge is 2.20. The van der Waals surface area contributed by atoms with Crippen molar-refractivity contribution in [2.45, 2.75) is 14.9 Å². The summed E-state index contributed by atoms with van der Waals surface area (Å²) in [6.07, 6.45) is 2.52. The Labute approximate surface area is 152 Å². The summed E-state index contributed by atoms with van der Waals surface area (Å²) in [6, 6.07) is 9.52. The van der Waals surface area contributed by atoms with Crippen molar-refractivity contribution in [3.63, 3.8) is 0 Å². The zero-order valence-corrected chi connectivity index (χ0v) is 15.0. The highest BCUT2D eigenvalue weighted by Crippen LogP contribution is 2.35. The monoisotopic (exact) mass is 393 g/mol. The molecule has 7 nitrogen and oxygen atoms in total. The molecule has 0 aliphatic rings. The number of hydrogen-bond acceptors (Lipinski definition) is 6. The summed E-state index contributed by atoms with van der Waals surface area (Å²) in [7, 11) is -3.55. The number of H-pyrrole nitrogens is 1. The summed E-state index contributed by atoms with van der Waals surface area (Å²) in [5.74, 6) is -0.357. The topological polar surface area (TPSA) is 106 Å². The molecule has 0 aliphatic carbocycles. The second-order valence-electron chi connectivity index (χ2n) is 5.37. The van der Waals surface area contributed by atoms with E-state index in [1.54, 1.807) is 12.1 Å². The number of nitrogens with one attached hydrogen (secondary N) is 1. The van der Waals surface area contributed by atoms with Crippen LogP contribution in [-0.2, 0) is 9.84 Å². The molecule has 1 aromatic heterocycles. The van der Waals surface area contributed by atoms with Gasteiger partial charge >= 0.3 is 0 Å². The zero-order chi connectivity index (χ0) is 18.9. The van der Waals surface area contributed by atoms with Gasteiger partial charge < -0.3 is 4.98 Å². The van der Waals surface area contributed by atoms with Gasteiger partial charge in [-0.3, -0.25) is 10.1 Å². The van der Waals surface area contributed by atoms with Gasteiger partial charge in [0.2, 0.25) is 0 Å². The molecule has 134 valence electrons. The smallest absolute Gasteiger partial charge is 0.284 e. The summed E-state index contributed by atoms with van der Waals surface area (Å²) in [4.78, 5) is 17.9. The third-order valence-electron chi connectivity index (χ3n) is 3.47. The lowest BCUT2D eigenvalue weighted by molar-refractivity contribution is -0.388. The van der Waals surface area contributed by atoms with Gasteiger partial charge in [0.05, 0.1) is 26.6 Å². The first-order valence-corrected chi connectivity index (χ1v) is 9.92. The first-order valence-electron chi connectivity index (χ1n) is 7.21. The van der Waals surface area contributed by atoms with Gasteiger partial charge in [-0.05, 0) is 53.7 Å². The number of sulfone groups is 1. The molecule has 0 unspecified atom stereocenters. The number of aromatic amines is 1. The quantitative estimate of drug-likeness (QED) is 0.524. The number of aromatic nitrogens is 2. The largest absolute Gasteiger partial charge is 0.333 e. The molecule has 3 rings (SSSR count). The predicted octanol–water partition coefficient (Wildman–Crippen LogP) is 3.68. The second-order valence-corrected chi connectivity index (χ2v) is 8.42. The molecule has 26 heavy (non-hydrogen) atoms. The van der Waals surface area contributed by atoms with Gasteiger partial charge in [0, 0.05) is 12.3 Å². The molecule has 0 radical (unpaired) electrons. The maximum Gasteiger partial charge on any atom is 0.284 e. The Hall–Kier alpha value is -2.72. The zero-order valence-electron chi connectivity index (χ0n) is 13.3. The van der Waals surface area contributed by atoms with Gasteiger partial charge in [0.15, 0.2) is 15.0 Å². The van der Waals surface area contributed by atoms with E-state index in [0.29, 0.717) is 16.4 Å². The van der Waals surface area contributed by atoms with Crippen LogP contribution >= 0.6 is 11.8 Å². The van der Waals surface area contributed by atoms with Crippen LogP contribution in [0.2, 0.25) is 0 Å².